The molecule has 88 valence electrons. The van der Waals surface area contributed by atoms with Crippen molar-refractivity contribution in [2.75, 3.05) is 7.11 Å². The van der Waals surface area contributed by atoms with Crippen molar-refractivity contribution in [2.45, 2.75) is 26.2 Å². The van der Waals surface area contributed by atoms with E-state index in [1.807, 2.05) is 6.92 Å². The second-order valence-corrected chi connectivity index (χ2v) is 3.49. The summed E-state index contributed by atoms with van der Waals surface area (Å²) < 4.78 is 18.3. The molecule has 0 fully saturated rings. The first-order valence-corrected chi connectivity index (χ1v) is 5.15. The minimum absolute atomic E-state index is 0.000389. The number of benzene rings is 1. The van der Waals surface area contributed by atoms with Crippen molar-refractivity contribution >= 4 is 5.97 Å². The fraction of sp³-hybridized carbons (Fsp3) is 0.417. The van der Waals surface area contributed by atoms with E-state index in [2.05, 4.69) is 0 Å². The number of hydrogen-bond acceptors (Lipinski definition) is 2. The smallest absolute Gasteiger partial charge is 0.303 e. The Morgan fingerprint density at radius 3 is 2.69 bits per heavy atom. The van der Waals surface area contributed by atoms with Crippen LogP contribution in [0.3, 0.4) is 0 Å². The second-order valence-electron chi connectivity index (χ2n) is 3.49. The maximum atomic E-state index is 13.2. The molecule has 0 saturated heterocycles. The fourth-order valence-electron chi connectivity index (χ4n) is 1.71. The van der Waals surface area contributed by atoms with Crippen LogP contribution in [0.2, 0.25) is 0 Å². The summed E-state index contributed by atoms with van der Waals surface area (Å²) in [5.74, 6) is -0.789. The van der Waals surface area contributed by atoms with E-state index in [0.29, 0.717) is 24.2 Å². The lowest BCUT2D eigenvalue weighted by Gasteiger charge is -2.12. The molecule has 1 aromatic carbocycles. The van der Waals surface area contributed by atoms with Gasteiger partial charge in [-0.2, -0.15) is 0 Å². The number of carboxylic acids is 1. The maximum absolute atomic E-state index is 13.2. The molecule has 3 nitrogen and oxygen atoms in total. The molecular weight excluding hydrogens is 211 g/mol. The summed E-state index contributed by atoms with van der Waals surface area (Å²) in [6.07, 6.45) is 1.02. The van der Waals surface area contributed by atoms with Gasteiger partial charge in [0.2, 0.25) is 0 Å². The van der Waals surface area contributed by atoms with Gasteiger partial charge in [0.15, 0.2) is 0 Å². The van der Waals surface area contributed by atoms with E-state index in [-0.39, 0.29) is 6.42 Å². The quantitative estimate of drug-likeness (QED) is 0.838. The number of ether oxygens (including phenoxy) is 1. The standard InChI is InChI=1S/C12H15FO3/c1-3-10-8(4-5-12(14)15)6-9(13)7-11(10)16-2/h6-7H,3-5H2,1-2H3,(H,14,15). The third-order valence-corrected chi connectivity index (χ3v) is 2.45. The largest absolute Gasteiger partial charge is 0.496 e. The predicted molar refractivity (Wildman–Crippen MR) is 58.3 cm³/mol. The molecule has 0 aromatic heterocycles. The van der Waals surface area contributed by atoms with Crippen LogP contribution in [0.1, 0.15) is 24.5 Å². The highest BCUT2D eigenvalue weighted by atomic mass is 19.1. The number of aliphatic carboxylic acids is 1. The van der Waals surface area contributed by atoms with Crippen LogP contribution in [0, 0.1) is 5.82 Å². The molecule has 0 heterocycles. The molecule has 0 aliphatic carbocycles. The molecule has 1 aromatic rings. The van der Waals surface area contributed by atoms with E-state index < -0.39 is 11.8 Å². The summed E-state index contributed by atoms with van der Waals surface area (Å²) in [5, 5.41) is 8.61. The molecular formula is C12H15FO3. The van der Waals surface area contributed by atoms with Crippen LogP contribution in [-0.2, 0) is 17.6 Å². The zero-order valence-corrected chi connectivity index (χ0v) is 9.42. The molecule has 1 rings (SSSR count). The molecule has 0 amide bonds. The fourth-order valence-corrected chi connectivity index (χ4v) is 1.71. The van der Waals surface area contributed by atoms with Crippen LogP contribution in [0.15, 0.2) is 12.1 Å². The van der Waals surface area contributed by atoms with Crippen molar-refractivity contribution in [3.8, 4) is 5.75 Å². The van der Waals surface area contributed by atoms with Crippen LogP contribution in [0.25, 0.3) is 0 Å². The Balaban J connectivity index is 3.04. The topological polar surface area (TPSA) is 46.5 Å². The number of carbonyl (C=O) groups is 1. The maximum Gasteiger partial charge on any atom is 0.303 e. The number of hydrogen-bond donors (Lipinski definition) is 1. The predicted octanol–water partition coefficient (Wildman–Crippen LogP) is 2.41. The van der Waals surface area contributed by atoms with Crippen molar-refractivity contribution in [1.82, 2.24) is 0 Å². The molecule has 0 saturated carbocycles. The number of methoxy groups -OCH3 is 1. The molecule has 0 unspecified atom stereocenters. The summed E-state index contributed by atoms with van der Waals surface area (Å²) >= 11 is 0. The van der Waals surface area contributed by atoms with Gasteiger partial charge in [0, 0.05) is 12.5 Å². The van der Waals surface area contributed by atoms with Crippen LogP contribution >= 0.6 is 0 Å². The van der Waals surface area contributed by atoms with E-state index in [1.54, 1.807) is 0 Å². The van der Waals surface area contributed by atoms with Gasteiger partial charge in [0.05, 0.1) is 7.11 Å². The Bertz CT molecular complexity index is 388. The molecule has 0 radical (unpaired) electrons. The summed E-state index contributed by atoms with van der Waals surface area (Å²) in [6, 6.07) is 2.70. The molecule has 0 atom stereocenters. The SMILES string of the molecule is CCc1c(CCC(=O)O)cc(F)cc1OC. The van der Waals surface area contributed by atoms with Crippen molar-refractivity contribution in [3.05, 3.63) is 29.1 Å². The Labute approximate surface area is 93.9 Å². The highest BCUT2D eigenvalue weighted by molar-refractivity contribution is 5.67. The van der Waals surface area contributed by atoms with Crippen molar-refractivity contribution < 1.29 is 19.0 Å². The lowest BCUT2D eigenvalue weighted by Crippen LogP contribution is -2.03. The van der Waals surface area contributed by atoms with Gasteiger partial charge in [0.25, 0.3) is 0 Å². The van der Waals surface area contributed by atoms with Crippen LogP contribution in [0.4, 0.5) is 4.39 Å². The van der Waals surface area contributed by atoms with Gasteiger partial charge < -0.3 is 9.84 Å². The van der Waals surface area contributed by atoms with Crippen LogP contribution in [0.5, 0.6) is 5.75 Å². The zero-order valence-electron chi connectivity index (χ0n) is 9.42. The van der Waals surface area contributed by atoms with Gasteiger partial charge in [-0.05, 0) is 30.0 Å². The molecule has 0 spiro atoms. The number of rotatable bonds is 5. The van der Waals surface area contributed by atoms with E-state index in [0.717, 1.165) is 5.56 Å². The Morgan fingerprint density at radius 1 is 1.50 bits per heavy atom. The van der Waals surface area contributed by atoms with Gasteiger partial charge in [-0.25, -0.2) is 4.39 Å². The third kappa shape index (κ3) is 2.95. The Morgan fingerprint density at radius 2 is 2.19 bits per heavy atom. The second kappa shape index (κ2) is 5.49. The summed E-state index contributed by atoms with van der Waals surface area (Å²) in [5.41, 5.74) is 1.59. The number of halogens is 1. The highest BCUT2D eigenvalue weighted by Gasteiger charge is 2.11. The van der Waals surface area contributed by atoms with Gasteiger partial charge >= 0.3 is 5.97 Å². The van der Waals surface area contributed by atoms with E-state index in [4.69, 9.17) is 9.84 Å². The van der Waals surface area contributed by atoms with Crippen molar-refractivity contribution in [2.24, 2.45) is 0 Å². The molecule has 1 N–H and O–H groups in total. The van der Waals surface area contributed by atoms with Gasteiger partial charge in [-0.15, -0.1) is 0 Å². The van der Waals surface area contributed by atoms with Gasteiger partial charge in [-0.3, -0.25) is 4.79 Å². The minimum atomic E-state index is -0.884. The first-order chi connectivity index (χ1) is 7.58. The van der Waals surface area contributed by atoms with Crippen molar-refractivity contribution in [3.63, 3.8) is 0 Å². The highest BCUT2D eigenvalue weighted by Crippen LogP contribution is 2.25. The first-order valence-electron chi connectivity index (χ1n) is 5.15. The van der Waals surface area contributed by atoms with Crippen LogP contribution < -0.4 is 4.74 Å². The molecule has 16 heavy (non-hydrogen) atoms. The molecule has 4 heteroatoms. The van der Waals surface area contributed by atoms with Crippen LogP contribution in [-0.4, -0.2) is 18.2 Å². The summed E-state index contributed by atoms with van der Waals surface area (Å²) in [4.78, 5) is 10.5. The summed E-state index contributed by atoms with van der Waals surface area (Å²) in [7, 11) is 1.48. The first kappa shape index (κ1) is 12.5. The zero-order chi connectivity index (χ0) is 12.1. The number of carboxylic acid groups (broad SMARTS) is 1. The van der Waals surface area contributed by atoms with Gasteiger partial charge in [-0.1, -0.05) is 6.92 Å². The summed E-state index contributed by atoms with van der Waals surface area (Å²) in [6.45, 7) is 1.93. The third-order valence-electron chi connectivity index (χ3n) is 2.45. The van der Waals surface area contributed by atoms with Gasteiger partial charge in [0.1, 0.15) is 11.6 Å². The van der Waals surface area contributed by atoms with E-state index >= 15 is 0 Å². The van der Waals surface area contributed by atoms with Crippen molar-refractivity contribution in [1.29, 1.82) is 0 Å². The monoisotopic (exact) mass is 226 g/mol. The molecule has 0 aliphatic heterocycles. The lowest BCUT2D eigenvalue weighted by molar-refractivity contribution is -0.136. The average Bonchev–Trinajstić information content (AvgIpc) is 2.25. The minimum Gasteiger partial charge on any atom is -0.496 e. The average molecular weight is 226 g/mol. The van der Waals surface area contributed by atoms with E-state index in [1.165, 1.54) is 19.2 Å². The van der Waals surface area contributed by atoms with E-state index in [9.17, 15) is 9.18 Å². The lowest BCUT2D eigenvalue weighted by atomic mass is 9.99. The molecule has 0 bridgehead atoms. The molecule has 0 aliphatic rings. The Hall–Kier alpha value is -1.58. The normalized spacial score (nSPS) is 10.2. The Kier molecular flexibility index (Phi) is 4.28. The number of aryl methyl sites for hydroxylation is 1.